The first-order valence-corrected chi connectivity index (χ1v) is 5.59. The molecule has 4 heteroatoms. The van der Waals surface area contributed by atoms with Gasteiger partial charge in [0.1, 0.15) is 5.75 Å². The molecule has 0 aliphatic heterocycles. The number of phenols is 1. The van der Waals surface area contributed by atoms with Crippen LogP contribution < -0.4 is 5.32 Å². The Morgan fingerprint density at radius 1 is 1.35 bits per heavy atom. The van der Waals surface area contributed by atoms with Crippen molar-refractivity contribution >= 4 is 5.69 Å². The Bertz CT molecular complexity index is 531. The average molecular weight is 231 g/mol. The number of aryl methyl sites for hydroxylation is 2. The maximum Gasteiger partial charge on any atom is 0.118 e. The molecule has 0 amide bonds. The highest BCUT2D eigenvalue weighted by molar-refractivity contribution is 5.50. The van der Waals surface area contributed by atoms with Gasteiger partial charge in [0, 0.05) is 30.5 Å². The van der Waals surface area contributed by atoms with Crippen LogP contribution in [0.4, 0.5) is 5.69 Å². The van der Waals surface area contributed by atoms with E-state index in [9.17, 15) is 5.11 Å². The van der Waals surface area contributed by atoms with E-state index in [4.69, 9.17) is 0 Å². The van der Waals surface area contributed by atoms with Gasteiger partial charge in [-0.1, -0.05) is 0 Å². The summed E-state index contributed by atoms with van der Waals surface area (Å²) in [4.78, 5) is 0. The largest absolute Gasteiger partial charge is 0.508 e. The Morgan fingerprint density at radius 2 is 2.12 bits per heavy atom. The van der Waals surface area contributed by atoms with Crippen LogP contribution in [-0.2, 0) is 13.6 Å². The number of phenolic OH excluding ortho intramolecular Hbond substituents is 1. The molecule has 17 heavy (non-hydrogen) atoms. The zero-order valence-corrected chi connectivity index (χ0v) is 10.4. The number of aromatic hydroxyl groups is 1. The van der Waals surface area contributed by atoms with Crippen LogP contribution in [0.1, 0.15) is 16.8 Å². The molecule has 0 unspecified atom stereocenters. The monoisotopic (exact) mass is 231 g/mol. The molecule has 0 aliphatic carbocycles. The maximum atomic E-state index is 9.44. The fourth-order valence-corrected chi connectivity index (χ4v) is 1.68. The summed E-state index contributed by atoms with van der Waals surface area (Å²) in [5, 5.41) is 17.0. The predicted molar refractivity (Wildman–Crippen MR) is 68.1 cm³/mol. The molecule has 0 saturated heterocycles. The van der Waals surface area contributed by atoms with Gasteiger partial charge in [0.05, 0.1) is 6.20 Å². The van der Waals surface area contributed by atoms with E-state index < -0.39 is 0 Å². The average Bonchev–Trinajstić information content (AvgIpc) is 2.62. The van der Waals surface area contributed by atoms with Gasteiger partial charge in [0.2, 0.25) is 0 Å². The standard InChI is InChI=1S/C13H17N3O/c1-9-6-12(4-5-13(9)17)14-7-11-8-15-16(3)10(11)2/h4-6,8,14,17H,7H2,1-3H3. The van der Waals surface area contributed by atoms with Gasteiger partial charge in [-0.05, 0) is 37.6 Å². The van der Waals surface area contributed by atoms with Gasteiger partial charge in [-0.15, -0.1) is 0 Å². The SMILES string of the molecule is Cc1cc(NCc2cnn(C)c2C)ccc1O. The molecule has 1 aromatic carbocycles. The van der Waals surface area contributed by atoms with E-state index in [-0.39, 0.29) is 0 Å². The van der Waals surface area contributed by atoms with Crippen LogP contribution in [-0.4, -0.2) is 14.9 Å². The normalized spacial score (nSPS) is 10.5. The molecule has 0 fully saturated rings. The van der Waals surface area contributed by atoms with Crippen molar-refractivity contribution in [2.45, 2.75) is 20.4 Å². The van der Waals surface area contributed by atoms with Gasteiger partial charge < -0.3 is 10.4 Å². The van der Waals surface area contributed by atoms with Crippen LogP contribution in [0.5, 0.6) is 5.75 Å². The fourth-order valence-electron chi connectivity index (χ4n) is 1.68. The van der Waals surface area contributed by atoms with Crippen LogP contribution in [0.25, 0.3) is 0 Å². The zero-order chi connectivity index (χ0) is 12.4. The smallest absolute Gasteiger partial charge is 0.118 e. The first-order chi connectivity index (χ1) is 8.08. The number of hydrogen-bond donors (Lipinski definition) is 2. The summed E-state index contributed by atoms with van der Waals surface area (Å²) in [6.07, 6.45) is 1.87. The van der Waals surface area contributed by atoms with Crippen LogP contribution in [0, 0.1) is 13.8 Å². The lowest BCUT2D eigenvalue weighted by Crippen LogP contribution is -2.01. The van der Waals surface area contributed by atoms with Crippen molar-refractivity contribution in [3.63, 3.8) is 0 Å². The van der Waals surface area contributed by atoms with E-state index in [1.807, 2.05) is 43.9 Å². The second-order valence-electron chi connectivity index (χ2n) is 4.23. The number of benzene rings is 1. The van der Waals surface area contributed by atoms with Gasteiger partial charge >= 0.3 is 0 Å². The summed E-state index contributed by atoms with van der Waals surface area (Å²) < 4.78 is 1.86. The molecule has 4 nitrogen and oxygen atoms in total. The third kappa shape index (κ3) is 2.41. The number of nitrogens with zero attached hydrogens (tertiary/aromatic N) is 2. The number of rotatable bonds is 3. The number of anilines is 1. The van der Waals surface area contributed by atoms with E-state index in [1.165, 1.54) is 5.56 Å². The Kier molecular flexibility index (Phi) is 3.04. The summed E-state index contributed by atoms with van der Waals surface area (Å²) in [6, 6.07) is 5.50. The molecule has 1 heterocycles. The van der Waals surface area contributed by atoms with Gasteiger partial charge in [-0.3, -0.25) is 4.68 Å². The highest BCUT2D eigenvalue weighted by atomic mass is 16.3. The molecule has 0 aliphatic rings. The Morgan fingerprint density at radius 3 is 2.71 bits per heavy atom. The molecular formula is C13H17N3O. The topological polar surface area (TPSA) is 50.1 Å². The molecule has 0 atom stereocenters. The summed E-state index contributed by atoms with van der Waals surface area (Å²) in [7, 11) is 1.93. The van der Waals surface area contributed by atoms with E-state index in [1.54, 1.807) is 6.07 Å². The minimum absolute atomic E-state index is 0.327. The Hall–Kier alpha value is -1.97. The highest BCUT2D eigenvalue weighted by Gasteiger charge is 2.03. The molecule has 2 N–H and O–H groups in total. The molecular weight excluding hydrogens is 214 g/mol. The van der Waals surface area contributed by atoms with Crippen LogP contribution >= 0.6 is 0 Å². The van der Waals surface area contributed by atoms with Crippen molar-refractivity contribution in [2.24, 2.45) is 7.05 Å². The highest BCUT2D eigenvalue weighted by Crippen LogP contribution is 2.20. The van der Waals surface area contributed by atoms with Crippen molar-refractivity contribution in [2.75, 3.05) is 5.32 Å². The van der Waals surface area contributed by atoms with Crippen LogP contribution in [0.15, 0.2) is 24.4 Å². The Balaban J connectivity index is 2.07. The molecule has 0 saturated carbocycles. The van der Waals surface area contributed by atoms with Crippen molar-refractivity contribution in [1.82, 2.24) is 9.78 Å². The summed E-state index contributed by atoms with van der Waals surface area (Å²) >= 11 is 0. The van der Waals surface area contributed by atoms with Gasteiger partial charge in [-0.25, -0.2) is 0 Å². The third-order valence-corrected chi connectivity index (χ3v) is 3.02. The quantitative estimate of drug-likeness (QED) is 0.797. The lowest BCUT2D eigenvalue weighted by Gasteiger charge is -2.07. The molecule has 0 bridgehead atoms. The fraction of sp³-hybridized carbons (Fsp3) is 0.308. The molecule has 0 radical (unpaired) electrons. The minimum atomic E-state index is 0.327. The molecule has 2 aromatic rings. The van der Waals surface area contributed by atoms with Gasteiger partial charge in [0.25, 0.3) is 0 Å². The summed E-state index contributed by atoms with van der Waals surface area (Å²) in [5.41, 5.74) is 4.22. The summed E-state index contributed by atoms with van der Waals surface area (Å²) in [6.45, 7) is 4.67. The molecule has 2 rings (SSSR count). The van der Waals surface area contributed by atoms with Crippen molar-refractivity contribution in [3.8, 4) is 5.75 Å². The maximum absolute atomic E-state index is 9.44. The van der Waals surface area contributed by atoms with Crippen molar-refractivity contribution in [3.05, 3.63) is 41.2 Å². The first-order valence-electron chi connectivity index (χ1n) is 5.59. The van der Waals surface area contributed by atoms with E-state index >= 15 is 0 Å². The lowest BCUT2D eigenvalue weighted by molar-refractivity contribution is 0.471. The number of hydrogen-bond acceptors (Lipinski definition) is 3. The Labute approximate surface area is 101 Å². The first kappa shape index (κ1) is 11.5. The third-order valence-electron chi connectivity index (χ3n) is 3.02. The molecule has 0 spiro atoms. The van der Waals surface area contributed by atoms with Crippen LogP contribution in [0.3, 0.4) is 0 Å². The number of aromatic nitrogens is 2. The predicted octanol–water partition coefficient (Wildman–Crippen LogP) is 2.35. The molecule has 90 valence electrons. The second kappa shape index (κ2) is 4.49. The van der Waals surface area contributed by atoms with Crippen molar-refractivity contribution in [1.29, 1.82) is 0 Å². The van der Waals surface area contributed by atoms with E-state index in [0.29, 0.717) is 5.75 Å². The second-order valence-corrected chi connectivity index (χ2v) is 4.23. The summed E-state index contributed by atoms with van der Waals surface area (Å²) in [5.74, 6) is 0.327. The van der Waals surface area contributed by atoms with Gasteiger partial charge in [-0.2, -0.15) is 5.10 Å². The zero-order valence-electron chi connectivity index (χ0n) is 10.4. The van der Waals surface area contributed by atoms with E-state index in [0.717, 1.165) is 23.5 Å². The van der Waals surface area contributed by atoms with Crippen LogP contribution in [0.2, 0.25) is 0 Å². The lowest BCUT2D eigenvalue weighted by atomic mass is 10.2. The van der Waals surface area contributed by atoms with Crippen molar-refractivity contribution < 1.29 is 5.11 Å². The minimum Gasteiger partial charge on any atom is -0.508 e. The number of nitrogens with one attached hydrogen (secondary N) is 1. The van der Waals surface area contributed by atoms with E-state index in [2.05, 4.69) is 10.4 Å². The molecule has 1 aromatic heterocycles. The van der Waals surface area contributed by atoms with Gasteiger partial charge in [0.15, 0.2) is 0 Å².